The Labute approximate surface area is 417 Å². The molecule has 0 amide bonds. The van der Waals surface area contributed by atoms with Gasteiger partial charge in [0, 0.05) is 83.2 Å². The fourth-order valence-electron chi connectivity index (χ4n) is 10.6. The Kier molecular flexibility index (Phi) is 9.85. The van der Waals surface area contributed by atoms with E-state index >= 15 is 0 Å². The number of anilines is 4. The van der Waals surface area contributed by atoms with E-state index < -0.39 is 0 Å². The number of fused-ring (bicyclic) bond motifs is 13. The first-order valence-corrected chi connectivity index (χ1v) is 23.5. The van der Waals surface area contributed by atoms with Gasteiger partial charge < -0.3 is 23.7 Å². The molecule has 0 atom stereocenters. The second-order valence-corrected chi connectivity index (χ2v) is 20.2. The average molecular weight is 1070 g/mol. The molecule has 69 heavy (non-hydrogen) atoms. The monoisotopic (exact) mass is 1070 g/mol. The number of hydrogen-bond acceptors (Lipinski definition) is 4. The van der Waals surface area contributed by atoms with Crippen LogP contribution in [0.3, 0.4) is 0 Å². The number of hydrogen-bond donors (Lipinski definition) is 0. The van der Waals surface area contributed by atoms with Crippen LogP contribution in [-0.2, 0) is 31.9 Å². The van der Waals surface area contributed by atoms with E-state index in [0.717, 1.165) is 56.1 Å². The number of rotatable bonds is 5. The molecule has 0 N–H and O–H groups in total. The maximum Gasteiger partial charge on any atom is 0.135 e. The maximum absolute atomic E-state index is 6.80. The minimum Gasteiger partial charge on any atom is -0.509 e. The van der Waals surface area contributed by atoms with Crippen LogP contribution in [0, 0.1) is 18.8 Å². The van der Waals surface area contributed by atoms with Gasteiger partial charge in [-0.1, -0.05) is 132 Å². The molecule has 3 aromatic heterocycles. The van der Waals surface area contributed by atoms with E-state index in [-0.39, 0.29) is 31.9 Å². The van der Waals surface area contributed by atoms with Crippen molar-refractivity contribution in [3.8, 4) is 45.3 Å². The van der Waals surface area contributed by atoms with E-state index in [2.05, 4.69) is 231 Å². The smallest absolute Gasteiger partial charge is 0.135 e. The minimum absolute atomic E-state index is 0. The van der Waals surface area contributed by atoms with Gasteiger partial charge in [0.05, 0.1) is 16.7 Å². The van der Waals surface area contributed by atoms with Crippen molar-refractivity contribution >= 4 is 66.4 Å². The molecule has 0 unspecified atom stereocenters. The standard InChI is InChI=1S/C62H48N5O.Pt/c1-61(2,3)39-25-27-41(28-26-39)64-38-65(53-24-12-11-23-52(53)64)42-15-13-16-43(36-42)68-44-29-30-50-56(37-44)66(57-35-40(33-34-63-57)62(4,5)6)54-31-32-55-58(59(50)54)47-19-8-7-17-45(47)48-20-14-21-49-46-18-9-10-22-51(46)67(55)60(48)49;/h7-35,38H,1-6H3;/q-3;. The molecular weight excluding hydrogens is 1030 g/mol. The first-order chi connectivity index (χ1) is 33.0. The zero-order valence-electron chi connectivity index (χ0n) is 39.3. The van der Waals surface area contributed by atoms with Crippen LogP contribution in [0.2, 0.25) is 0 Å². The van der Waals surface area contributed by atoms with Crippen molar-refractivity contribution in [1.82, 2.24) is 14.1 Å². The van der Waals surface area contributed by atoms with Gasteiger partial charge in [0.1, 0.15) is 5.82 Å². The Morgan fingerprint density at radius 1 is 0.507 bits per heavy atom. The predicted molar refractivity (Wildman–Crippen MR) is 280 cm³/mol. The zero-order chi connectivity index (χ0) is 46.1. The molecule has 0 spiro atoms. The molecule has 6 nitrogen and oxygen atoms in total. The van der Waals surface area contributed by atoms with Crippen molar-refractivity contribution in [1.29, 1.82) is 0 Å². The molecule has 11 aromatic rings. The van der Waals surface area contributed by atoms with E-state index in [0.29, 0.717) is 11.5 Å². The molecule has 0 bridgehead atoms. The Bertz CT molecular complexity index is 3850. The summed E-state index contributed by atoms with van der Waals surface area (Å²) in [6, 6.07) is 68.4. The molecule has 340 valence electrons. The molecule has 0 fully saturated rings. The number of benzene rings is 8. The molecule has 7 heteroatoms. The van der Waals surface area contributed by atoms with E-state index in [9.17, 15) is 0 Å². The second kappa shape index (κ2) is 15.8. The largest absolute Gasteiger partial charge is 0.509 e. The maximum atomic E-state index is 6.80. The van der Waals surface area contributed by atoms with Gasteiger partial charge >= 0.3 is 0 Å². The van der Waals surface area contributed by atoms with Crippen LogP contribution in [-0.4, -0.2) is 14.1 Å². The molecule has 0 radical (unpaired) electrons. The van der Waals surface area contributed by atoms with Crippen LogP contribution in [0.5, 0.6) is 11.5 Å². The number of pyridine rings is 1. The second-order valence-electron chi connectivity index (χ2n) is 20.2. The molecule has 0 saturated carbocycles. The topological polar surface area (TPSA) is 38.5 Å². The summed E-state index contributed by atoms with van der Waals surface area (Å²) < 4.78 is 11.6. The Morgan fingerprint density at radius 2 is 1.19 bits per heavy atom. The summed E-state index contributed by atoms with van der Waals surface area (Å²) in [5, 5.41) is 4.70. The van der Waals surface area contributed by atoms with Gasteiger partial charge in [0.2, 0.25) is 0 Å². The first-order valence-electron chi connectivity index (χ1n) is 23.5. The van der Waals surface area contributed by atoms with Gasteiger partial charge in [-0.25, -0.2) is 4.98 Å². The van der Waals surface area contributed by atoms with Crippen molar-refractivity contribution in [2.75, 3.05) is 9.80 Å². The van der Waals surface area contributed by atoms with Crippen molar-refractivity contribution in [2.45, 2.75) is 52.4 Å². The van der Waals surface area contributed by atoms with Gasteiger partial charge in [0.25, 0.3) is 0 Å². The summed E-state index contributed by atoms with van der Waals surface area (Å²) in [4.78, 5) is 9.50. The van der Waals surface area contributed by atoms with Gasteiger partial charge in [-0.15, -0.1) is 48.1 Å². The van der Waals surface area contributed by atoms with Crippen LogP contribution in [0.25, 0.3) is 77.4 Å². The van der Waals surface area contributed by atoms with Crippen LogP contribution < -0.4 is 14.5 Å². The molecule has 2 aliphatic heterocycles. The molecule has 0 aliphatic carbocycles. The van der Waals surface area contributed by atoms with Crippen molar-refractivity contribution in [3.63, 3.8) is 0 Å². The van der Waals surface area contributed by atoms with E-state index in [1.807, 2.05) is 24.4 Å². The van der Waals surface area contributed by atoms with Gasteiger partial charge in [-0.2, -0.15) is 12.1 Å². The quantitative estimate of drug-likeness (QED) is 0.161. The average Bonchev–Trinajstić information content (AvgIpc) is 3.99. The number of ether oxygens (including phenoxy) is 1. The molecule has 13 rings (SSSR count). The van der Waals surface area contributed by atoms with Crippen LogP contribution in [0.4, 0.5) is 22.7 Å². The minimum atomic E-state index is -0.0842. The van der Waals surface area contributed by atoms with Gasteiger partial charge in [0.15, 0.2) is 0 Å². The third-order valence-electron chi connectivity index (χ3n) is 13.9. The molecule has 5 heterocycles. The number of nitrogens with zero attached hydrogens (tertiary/aromatic N) is 5. The SMILES string of the molecule is CC(C)(C)c1ccc(N2[CH-]N(c3[c-]c(Oc4[c-]c5c(cc4)c4c6c(ccc4n5-c4cc(C(C)(C)C)ccn4)-n4c5ccccc5c5cccc(c54)-c4ccccc4-6)ccc3)c3ccccc32)cc1.[Pt]. The summed E-state index contributed by atoms with van der Waals surface area (Å²) in [7, 11) is 0. The molecule has 0 saturated heterocycles. The summed E-state index contributed by atoms with van der Waals surface area (Å²) in [5.41, 5.74) is 16.9. The molecular formula is C62H48N5OPt-3. The van der Waals surface area contributed by atoms with Crippen LogP contribution in [0.15, 0.2) is 176 Å². The summed E-state index contributed by atoms with van der Waals surface area (Å²) in [6.45, 7) is 15.6. The number of aromatic nitrogens is 3. The van der Waals surface area contributed by atoms with E-state index in [1.165, 1.54) is 55.2 Å². The zero-order valence-corrected chi connectivity index (χ0v) is 41.6. The normalized spacial score (nSPS) is 13.1. The Balaban J connectivity index is 0.00000492. The van der Waals surface area contributed by atoms with Crippen molar-refractivity contribution in [3.05, 3.63) is 206 Å². The van der Waals surface area contributed by atoms with Crippen molar-refractivity contribution in [2.24, 2.45) is 0 Å². The summed E-state index contributed by atoms with van der Waals surface area (Å²) in [5.74, 6) is 2.01. The van der Waals surface area contributed by atoms with Gasteiger partial charge in [-0.05, 0) is 93.1 Å². The summed E-state index contributed by atoms with van der Waals surface area (Å²) in [6.07, 6.45) is 1.93. The fraction of sp³-hybridized carbons (Fsp3) is 0.129. The molecule has 8 aromatic carbocycles. The van der Waals surface area contributed by atoms with Crippen LogP contribution >= 0.6 is 0 Å². The number of para-hydroxylation sites is 4. The van der Waals surface area contributed by atoms with E-state index in [1.54, 1.807) is 0 Å². The first kappa shape index (κ1) is 42.9. The summed E-state index contributed by atoms with van der Waals surface area (Å²) >= 11 is 0. The van der Waals surface area contributed by atoms with Crippen molar-refractivity contribution < 1.29 is 25.8 Å². The Hall–Kier alpha value is -7.40. The third kappa shape index (κ3) is 6.75. The van der Waals surface area contributed by atoms with Gasteiger partial charge in [-0.3, -0.25) is 0 Å². The Morgan fingerprint density at radius 3 is 1.99 bits per heavy atom. The molecule has 2 aliphatic rings. The third-order valence-corrected chi connectivity index (χ3v) is 13.9. The fourth-order valence-corrected chi connectivity index (χ4v) is 10.6. The van der Waals surface area contributed by atoms with E-state index in [4.69, 9.17) is 9.72 Å². The predicted octanol–water partition coefficient (Wildman–Crippen LogP) is 16.3. The van der Waals surface area contributed by atoms with Crippen LogP contribution in [0.1, 0.15) is 52.7 Å².